The van der Waals surface area contributed by atoms with Gasteiger partial charge in [0.15, 0.2) is 11.6 Å². The molecule has 0 bridgehead atoms. The topological polar surface area (TPSA) is 169 Å². The zero-order valence-corrected chi connectivity index (χ0v) is 22.5. The minimum absolute atomic E-state index is 0.117. The van der Waals surface area contributed by atoms with Gasteiger partial charge in [0.25, 0.3) is 0 Å². The fraction of sp³-hybridized carbons (Fsp3) is 0.292. The van der Waals surface area contributed by atoms with Gasteiger partial charge in [0, 0.05) is 47.2 Å². The van der Waals surface area contributed by atoms with Crippen LogP contribution < -0.4 is 15.2 Å². The molecular weight excluding hydrogens is 536 g/mol. The number of aliphatic hydroxyl groups is 2. The Hall–Kier alpha value is -3.15. The number of thiophene rings is 1. The SMILES string of the molecule is COc1ccc(C(=O)CC#N)cn1.COc1ccc(C(=O)c2ccsc2N)cn1.OC1CSC(O)CS1. The summed E-state index contributed by atoms with van der Waals surface area (Å²) in [7, 11) is 3.03. The summed E-state index contributed by atoms with van der Waals surface area (Å²) in [6, 6.07) is 10.00. The molecule has 0 amide bonds. The van der Waals surface area contributed by atoms with Crippen LogP contribution in [0.4, 0.5) is 5.00 Å². The van der Waals surface area contributed by atoms with E-state index >= 15 is 0 Å². The van der Waals surface area contributed by atoms with Crippen molar-refractivity contribution in [1.29, 1.82) is 5.26 Å². The lowest BCUT2D eigenvalue weighted by atomic mass is 10.1. The molecule has 3 aromatic rings. The number of Topliss-reactive ketones (excluding diaryl/α,β-unsaturated/α-hetero) is 1. The van der Waals surface area contributed by atoms with Crippen molar-refractivity contribution in [3.05, 3.63) is 64.8 Å². The summed E-state index contributed by atoms with van der Waals surface area (Å²) in [5, 5.41) is 28.3. The van der Waals surface area contributed by atoms with Crippen molar-refractivity contribution < 1.29 is 29.3 Å². The lowest BCUT2D eigenvalue weighted by molar-refractivity contribution is 0.0995. The maximum atomic E-state index is 12.0. The Bertz CT molecular complexity index is 1160. The molecule has 10 nitrogen and oxygen atoms in total. The van der Waals surface area contributed by atoms with Crippen molar-refractivity contribution in [3.8, 4) is 17.8 Å². The van der Waals surface area contributed by atoms with Gasteiger partial charge in [0.05, 0.1) is 37.3 Å². The number of aliphatic hydroxyl groups excluding tert-OH is 2. The molecule has 3 aromatic heterocycles. The molecule has 0 saturated carbocycles. The van der Waals surface area contributed by atoms with Gasteiger partial charge in [-0.3, -0.25) is 9.59 Å². The van der Waals surface area contributed by atoms with Crippen LogP contribution in [0.25, 0.3) is 0 Å². The van der Waals surface area contributed by atoms with Gasteiger partial charge < -0.3 is 25.4 Å². The highest BCUT2D eigenvalue weighted by Gasteiger charge is 2.17. The fourth-order valence-electron chi connectivity index (χ4n) is 2.62. The van der Waals surface area contributed by atoms with Crippen LogP contribution >= 0.6 is 34.9 Å². The first-order chi connectivity index (χ1) is 17.8. The average Bonchev–Trinajstić information content (AvgIpc) is 3.36. The largest absolute Gasteiger partial charge is 0.481 e. The minimum Gasteiger partial charge on any atom is -0.481 e. The number of carbonyl (C=O) groups is 2. The van der Waals surface area contributed by atoms with E-state index in [-0.39, 0.29) is 28.9 Å². The smallest absolute Gasteiger partial charge is 0.212 e. The standard InChI is InChI=1S/C11H10N2O2S.C9H8N2O2.C4H8O2S2/c1-15-9-3-2-7(6-13-9)10(14)8-4-5-16-11(8)12;1-13-9-3-2-7(6-11-9)8(12)4-5-10;5-3-1-7-4(6)2-8-3/h2-6H,12H2,1H3;2-3,6H,4H2,1H3;3-6H,1-2H2. The molecule has 4 heterocycles. The van der Waals surface area contributed by atoms with E-state index in [0.29, 0.717) is 45.0 Å². The number of pyridine rings is 2. The number of ether oxygens (including phenoxy) is 2. The molecule has 0 spiro atoms. The predicted molar refractivity (Wildman–Crippen MR) is 145 cm³/mol. The molecule has 13 heteroatoms. The molecule has 4 N–H and O–H groups in total. The van der Waals surface area contributed by atoms with E-state index in [2.05, 4.69) is 9.97 Å². The fourth-order valence-corrected chi connectivity index (χ4v) is 5.28. The summed E-state index contributed by atoms with van der Waals surface area (Å²) in [6.45, 7) is 0. The molecular formula is C24H26N4O6S3. The van der Waals surface area contributed by atoms with Gasteiger partial charge in [-0.05, 0) is 23.6 Å². The number of hydrogen-bond acceptors (Lipinski definition) is 13. The van der Waals surface area contributed by atoms with Gasteiger partial charge in [0.2, 0.25) is 11.8 Å². The first-order valence-corrected chi connectivity index (χ1v) is 13.6. The summed E-state index contributed by atoms with van der Waals surface area (Å²) in [5.74, 6) is 1.91. The number of aromatic nitrogens is 2. The molecule has 1 fully saturated rings. The number of ketones is 2. The third-order valence-electron chi connectivity index (χ3n) is 4.52. The van der Waals surface area contributed by atoms with Crippen LogP contribution in [-0.2, 0) is 0 Å². The number of rotatable bonds is 6. The zero-order chi connectivity index (χ0) is 27.2. The van der Waals surface area contributed by atoms with Crippen molar-refractivity contribution in [3.63, 3.8) is 0 Å². The van der Waals surface area contributed by atoms with E-state index in [0.717, 1.165) is 0 Å². The molecule has 37 heavy (non-hydrogen) atoms. The Labute approximate surface area is 226 Å². The number of carbonyl (C=O) groups excluding carboxylic acids is 2. The third kappa shape index (κ3) is 10.0. The highest BCUT2D eigenvalue weighted by Crippen LogP contribution is 2.26. The maximum absolute atomic E-state index is 12.0. The highest BCUT2D eigenvalue weighted by atomic mass is 32.2. The Morgan fingerprint density at radius 1 is 1.00 bits per heavy atom. The molecule has 1 aliphatic rings. The van der Waals surface area contributed by atoms with Crippen molar-refractivity contribution in [2.75, 3.05) is 31.5 Å². The summed E-state index contributed by atoms with van der Waals surface area (Å²) >= 11 is 4.17. The van der Waals surface area contributed by atoms with Crippen molar-refractivity contribution in [1.82, 2.24) is 9.97 Å². The van der Waals surface area contributed by atoms with Crippen LogP contribution in [0.5, 0.6) is 11.8 Å². The molecule has 2 atom stereocenters. The van der Waals surface area contributed by atoms with Gasteiger partial charge in [-0.25, -0.2) is 9.97 Å². The summed E-state index contributed by atoms with van der Waals surface area (Å²) < 4.78 is 9.74. The van der Waals surface area contributed by atoms with E-state index < -0.39 is 0 Å². The van der Waals surface area contributed by atoms with Gasteiger partial charge in [-0.1, -0.05) is 0 Å². The van der Waals surface area contributed by atoms with E-state index in [4.69, 9.17) is 30.7 Å². The quantitative estimate of drug-likeness (QED) is 0.376. The number of nitriles is 1. The number of nitrogen functional groups attached to an aromatic ring is 1. The normalized spacial score (nSPS) is 16.1. The molecule has 0 aliphatic carbocycles. The van der Waals surface area contributed by atoms with Gasteiger partial charge in [-0.2, -0.15) is 5.26 Å². The number of anilines is 1. The Morgan fingerprint density at radius 2 is 1.54 bits per heavy atom. The lowest BCUT2D eigenvalue weighted by Crippen LogP contribution is -2.19. The summed E-state index contributed by atoms with van der Waals surface area (Å²) in [5.41, 5.74) is 6.63. The molecule has 1 saturated heterocycles. The molecule has 2 unspecified atom stereocenters. The summed E-state index contributed by atoms with van der Waals surface area (Å²) in [6.07, 6.45) is 2.77. The van der Waals surface area contributed by atoms with Crippen LogP contribution in [0.1, 0.15) is 32.7 Å². The maximum Gasteiger partial charge on any atom is 0.212 e. The highest BCUT2D eigenvalue weighted by molar-refractivity contribution is 8.06. The monoisotopic (exact) mass is 562 g/mol. The number of hydrogen-bond donors (Lipinski definition) is 3. The number of nitrogens with two attached hydrogens (primary N) is 1. The van der Waals surface area contributed by atoms with Crippen molar-refractivity contribution >= 4 is 51.4 Å². The number of methoxy groups -OCH3 is 2. The van der Waals surface area contributed by atoms with Crippen LogP contribution in [-0.4, -0.2) is 68.3 Å². The van der Waals surface area contributed by atoms with Crippen LogP contribution in [0, 0.1) is 11.3 Å². The number of nitrogens with zero attached hydrogens (tertiary/aromatic N) is 3. The van der Waals surface area contributed by atoms with E-state index in [9.17, 15) is 9.59 Å². The van der Waals surface area contributed by atoms with Crippen LogP contribution in [0.3, 0.4) is 0 Å². The summed E-state index contributed by atoms with van der Waals surface area (Å²) in [4.78, 5) is 30.9. The van der Waals surface area contributed by atoms with Gasteiger partial charge in [-0.15, -0.1) is 34.9 Å². The predicted octanol–water partition coefficient (Wildman–Crippen LogP) is 3.25. The van der Waals surface area contributed by atoms with E-state index in [1.165, 1.54) is 61.5 Å². The van der Waals surface area contributed by atoms with Crippen molar-refractivity contribution in [2.24, 2.45) is 0 Å². The lowest BCUT2D eigenvalue weighted by Gasteiger charge is -2.19. The van der Waals surface area contributed by atoms with Gasteiger partial charge >= 0.3 is 0 Å². The van der Waals surface area contributed by atoms with Crippen LogP contribution in [0.15, 0.2) is 48.1 Å². The zero-order valence-electron chi connectivity index (χ0n) is 20.1. The Kier molecular flexibility index (Phi) is 12.9. The second-order valence-electron chi connectivity index (χ2n) is 7.04. The van der Waals surface area contributed by atoms with Gasteiger partial charge in [0.1, 0.15) is 10.9 Å². The van der Waals surface area contributed by atoms with Crippen LogP contribution in [0.2, 0.25) is 0 Å². The second-order valence-corrected chi connectivity index (χ2v) is 10.4. The third-order valence-corrected chi connectivity index (χ3v) is 7.80. The minimum atomic E-state index is -0.261. The Balaban J connectivity index is 0.000000206. The molecule has 4 rings (SSSR count). The first kappa shape index (κ1) is 30.1. The van der Waals surface area contributed by atoms with E-state index in [1.54, 1.807) is 41.8 Å². The average molecular weight is 563 g/mol. The first-order valence-electron chi connectivity index (χ1n) is 10.7. The molecule has 1 aliphatic heterocycles. The van der Waals surface area contributed by atoms with Crippen molar-refractivity contribution in [2.45, 2.75) is 17.3 Å². The molecule has 196 valence electrons. The Morgan fingerprint density at radius 3 is 1.92 bits per heavy atom. The molecule has 0 aromatic carbocycles. The molecule has 0 radical (unpaired) electrons. The number of thioether (sulfide) groups is 2. The second kappa shape index (κ2) is 15.9. The van der Waals surface area contributed by atoms with E-state index in [1.807, 2.05) is 0 Å².